The van der Waals surface area contributed by atoms with E-state index >= 15 is 0 Å². The Bertz CT molecular complexity index is 205. The Morgan fingerprint density at radius 3 is 2.23 bits per heavy atom. The van der Waals surface area contributed by atoms with Gasteiger partial charge in [0, 0.05) is 6.92 Å². The van der Waals surface area contributed by atoms with Crippen LogP contribution in [0.25, 0.3) is 0 Å². The Labute approximate surface area is 74.4 Å². The summed E-state index contributed by atoms with van der Waals surface area (Å²) in [7, 11) is 1.08. The lowest BCUT2D eigenvalue weighted by Gasteiger charge is -2.11. The number of carbonyl (C=O) groups excluding carboxylic acids is 2. The van der Waals surface area contributed by atoms with Crippen LogP contribution in [0, 0.1) is 0 Å². The number of carboxylic acid groups (broad SMARTS) is 1. The van der Waals surface area contributed by atoms with E-state index in [2.05, 4.69) is 9.47 Å². The summed E-state index contributed by atoms with van der Waals surface area (Å²) >= 11 is 0. The second-order valence-corrected chi connectivity index (χ2v) is 2.22. The fourth-order valence-corrected chi connectivity index (χ4v) is 0.663. The van der Waals surface area contributed by atoms with E-state index in [9.17, 15) is 14.4 Å². The summed E-state index contributed by atoms with van der Waals surface area (Å²) in [5, 5.41) is 8.34. The van der Waals surface area contributed by atoms with Crippen molar-refractivity contribution in [2.24, 2.45) is 0 Å². The molecule has 0 bridgehead atoms. The highest BCUT2D eigenvalue weighted by molar-refractivity contribution is 5.83. The molecule has 0 aromatic heterocycles. The number of hydrogen-bond acceptors (Lipinski definition) is 5. The third kappa shape index (κ3) is 4.78. The first-order valence-corrected chi connectivity index (χ1v) is 3.44. The first-order valence-electron chi connectivity index (χ1n) is 3.44. The predicted octanol–water partition coefficient (Wildman–Crippen LogP) is -0.434. The fraction of sp³-hybridized carbons (Fsp3) is 0.571. The molecule has 0 spiro atoms. The standard InChI is InChI=1S/C7H10O6/c1-4(8)13-5(3-6(9)10)7(11)12-2/h5H,3H2,1-2H3,(H,9,10). The van der Waals surface area contributed by atoms with Gasteiger partial charge in [-0.2, -0.15) is 0 Å². The van der Waals surface area contributed by atoms with Crippen molar-refractivity contribution in [2.45, 2.75) is 19.4 Å². The van der Waals surface area contributed by atoms with E-state index in [0.717, 1.165) is 14.0 Å². The van der Waals surface area contributed by atoms with Gasteiger partial charge in [-0.15, -0.1) is 0 Å². The Hall–Kier alpha value is -1.59. The molecular formula is C7H10O6. The number of methoxy groups -OCH3 is 1. The second-order valence-electron chi connectivity index (χ2n) is 2.22. The molecule has 0 aliphatic heterocycles. The molecule has 0 aliphatic carbocycles. The molecule has 0 rings (SSSR count). The zero-order chi connectivity index (χ0) is 10.4. The predicted molar refractivity (Wildman–Crippen MR) is 39.8 cm³/mol. The molecule has 6 nitrogen and oxygen atoms in total. The molecule has 0 aromatic rings. The van der Waals surface area contributed by atoms with Crippen LogP contribution in [0.4, 0.5) is 0 Å². The van der Waals surface area contributed by atoms with Crippen molar-refractivity contribution >= 4 is 17.9 Å². The van der Waals surface area contributed by atoms with Gasteiger partial charge in [0.05, 0.1) is 13.5 Å². The van der Waals surface area contributed by atoms with E-state index in [1.54, 1.807) is 0 Å². The molecule has 0 saturated carbocycles. The van der Waals surface area contributed by atoms with Crippen LogP contribution >= 0.6 is 0 Å². The molecule has 13 heavy (non-hydrogen) atoms. The maximum Gasteiger partial charge on any atom is 0.347 e. The van der Waals surface area contributed by atoms with Crippen LogP contribution in [0.2, 0.25) is 0 Å². The Morgan fingerprint density at radius 1 is 1.38 bits per heavy atom. The number of esters is 2. The maximum absolute atomic E-state index is 10.8. The Kier molecular flexibility index (Phi) is 4.50. The lowest BCUT2D eigenvalue weighted by Crippen LogP contribution is -2.30. The van der Waals surface area contributed by atoms with Crippen LogP contribution in [-0.2, 0) is 23.9 Å². The van der Waals surface area contributed by atoms with Crippen LogP contribution in [0.15, 0.2) is 0 Å². The first-order chi connectivity index (χ1) is 5.97. The number of carboxylic acids is 1. The number of hydrogen-bond donors (Lipinski definition) is 1. The van der Waals surface area contributed by atoms with E-state index in [4.69, 9.17) is 5.11 Å². The Balaban J connectivity index is 4.26. The zero-order valence-corrected chi connectivity index (χ0v) is 7.27. The molecule has 1 N–H and O–H groups in total. The summed E-state index contributed by atoms with van der Waals surface area (Å²) in [4.78, 5) is 31.5. The van der Waals surface area contributed by atoms with Gasteiger partial charge in [-0.05, 0) is 0 Å². The Morgan fingerprint density at radius 2 is 1.92 bits per heavy atom. The molecular weight excluding hydrogens is 180 g/mol. The average molecular weight is 190 g/mol. The summed E-state index contributed by atoms with van der Waals surface area (Å²) in [6, 6.07) is 0. The molecule has 0 amide bonds. The number of ether oxygens (including phenoxy) is 2. The van der Waals surface area contributed by atoms with Crippen LogP contribution in [-0.4, -0.2) is 36.2 Å². The van der Waals surface area contributed by atoms with E-state index in [1.165, 1.54) is 0 Å². The van der Waals surface area contributed by atoms with Gasteiger partial charge < -0.3 is 14.6 Å². The summed E-state index contributed by atoms with van der Waals surface area (Å²) < 4.78 is 8.65. The van der Waals surface area contributed by atoms with Gasteiger partial charge in [-0.3, -0.25) is 9.59 Å². The molecule has 6 heteroatoms. The highest BCUT2D eigenvalue weighted by Gasteiger charge is 2.25. The van der Waals surface area contributed by atoms with Crippen LogP contribution in [0.1, 0.15) is 13.3 Å². The lowest BCUT2D eigenvalue weighted by atomic mass is 10.2. The van der Waals surface area contributed by atoms with Crippen molar-refractivity contribution in [2.75, 3.05) is 7.11 Å². The van der Waals surface area contributed by atoms with E-state index < -0.39 is 30.4 Å². The molecule has 0 aliphatic rings. The van der Waals surface area contributed by atoms with Crippen LogP contribution in [0.3, 0.4) is 0 Å². The smallest absolute Gasteiger partial charge is 0.347 e. The second kappa shape index (κ2) is 5.13. The van der Waals surface area contributed by atoms with Crippen molar-refractivity contribution < 1.29 is 29.0 Å². The minimum atomic E-state index is -1.36. The molecule has 0 fully saturated rings. The molecule has 0 saturated heterocycles. The zero-order valence-electron chi connectivity index (χ0n) is 7.27. The number of aliphatic carboxylic acids is 1. The molecule has 74 valence electrons. The highest BCUT2D eigenvalue weighted by Crippen LogP contribution is 2.01. The monoisotopic (exact) mass is 190 g/mol. The summed E-state index contributed by atoms with van der Waals surface area (Å²) in [6.45, 7) is 1.08. The van der Waals surface area contributed by atoms with Gasteiger partial charge in [0.1, 0.15) is 0 Å². The fourth-order valence-electron chi connectivity index (χ4n) is 0.663. The normalized spacial score (nSPS) is 11.5. The quantitative estimate of drug-likeness (QED) is 0.604. The van der Waals surface area contributed by atoms with Gasteiger partial charge in [0.25, 0.3) is 0 Å². The molecule has 0 heterocycles. The van der Waals surface area contributed by atoms with Crippen molar-refractivity contribution in [1.82, 2.24) is 0 Å². The summed E-state index contributed by atoms with van der Waals surface area (Å²) in [6.07, 6.45) is -1.95. The SMILES string of the molecule is COC(=O)C(CC(=O)O)OC(C)=O. The summed E-state index contributed by atoms with van der Waals surface area (Å²) in [5.74, 6) is -2.84. The topological polar surface area (TPSA) is 89.9 Å². The third-order valence-electron chi connectivity index (χ3n) is 1.13. The van der Waals surface area contributed by atoms with Crippen molar-refractivity contribution in [1.29, 1.82) is 0 Å². The largest absolute Gasteiger partial charge is 0.481 e. The molecule has 1 unspecified atom stereocenters. The number of rotatable bonds is 4. The van der Waals surface area contributed by atoms with Crippen LogP contribution < -0.4 is 0 Å². The van der Waals surface area contributed by atoms with Gasteiger partial charge in [0.15, 0.2) is 0 Å². The maximum atomic E-state index is 10.8. The molecule has 0 aromatic carbocycles. The van der Waals surface area contributed by atoms with Gasteiger partial charge in [0.2, 0.25) is 6.10 Å². The van der Waals surface area contributed by atoms with Crippen molar-refractivity contribution in [3.8, 4) is 0 Å². The number of carbonyl (C=O) groups is 3. The van der Waals surface area contributed by atoms with E-state index in [1.807, 2.05) is 0 Å². The average Bonchev–Trinajstić information content (AvgIpc) is 2.00. The summed E-state index contributed by atoms with van der Waals surface area (Å²) in [5.41, 5.74) is 0. The van der Waals surface area contributed by atoms with Crippen molar-refractivity contribution in [3.63, 3.8) is 0 Å². The van der Waals surface area contributed by atoms with E-state index in [-0.39, 0.29) is 0 Å². The van der Waals surface area contributed by atoms with Gasteiger partial charge >= 0.3 is 17.9 Å². The van der Waals surface area contributed by atoms with Gasteiger partial charge in [-0.25, -0.2) is 4.79 Å². The highest BCUT2D eigenvalue weighted by atomic mass is 16.6. The third-order valence-corrected chi connectivity index (χ3v) is 1.13. The lowest BCUT2D eigenvalue weighted by molar-refractivity contribution is -0.167. The van der Waals surface area contributed by atoms with Crippen LogP contribution in [0.5, 0.6) is 0 Å². The molecule has 0 radical (unpaired) electrons. The first kappa shape index (κ1) is 11.4. The minimum absolute atomic E-state index is 0.591. The van der Waals surface area contributed by atoms with Crippen molar-refractivity contribution in [3.05, 3.63) is 0 Å². The van der Waals surface area contributed by atoms with Gasteiger partial charge in [-0.1, -0.05) is 0 Å². The van der Waals surface area contributed by atoms with E-state index in [0.29, 0.717) is 0 Å². The minimum Gasteiger partial charge on any atom is -0.481 e. The molecule has 1 atom stereocenters.